The number of pyridine rings is 1. The molecule has 1 aliphatic rings. The van der Waals surface area contributed by atoms with Crippen LogP contribution in [0.2, 0.25) is 0 Å². The van der Waals surface area contributed by atoms with Crippen molar-refractivity contribution in [3.63, 3.8) is 0 Å². The van der Waals surface area contributed by atoms with Gasteiger partial charge in [0.25, 0.3) is 0 Å². The Hall–Kier alpha value is -2.34. The highest BCUT2D eigenvalue weighted by atomic mass is 19.1. The lowest BCUT2D eigenvalue weighted by Crippen LogP contribution is -2.24. The predicted molar refractivity (Wildman–Crippen MR) is 90.5 cm³/mol. The molecule has 1 amide bonds. The Kier molecular flexibility index (Phi) is 5.38. The molecule has 1 aromatic heterocycles. The van der Waals surface area contributed by atoms with Crippen LogP contribution in [-0.2, 0) is 17.9 Å². The molecule has 1 N–H and O–H groups in total. The van der Waals surface area contributed by atoms with Gasteiger partial charge in [0.2, 0.25) is 5.91 Å². The zero-order valence-electron chi connectivity index (χ0n) is 14.1. The lowest BCUT2D eigenvalue weighted by molar-refractivity contribution is -0.119. The molecule has 1 atom stereocenters. The highest BCUT2D eigenvalue weighted by Crippen LogP contribution is 2.33. The first kappa shape index (κ1) is 17.5. The average Bonchev–Trinajstić information content (AvgIpc) is 3.05. The quantitative estimate of drug-likeness (QED) is 0.904. The zero-order chi connectivity index (χ0) is 17.8. The van der Waals surface area contributed by atoms with E-state index in [1.807, 2.05) is 12.1 Å². The van der Waals surface area contributed by atoms with E-state index < -0.39 is 5.82 Å². The van der Waals surface area contributed by atoms with E-state index in [1.54, 1.807) is 6.20 Å². The van der Waals surface area contributed by atoms with Gasteiger partial charge in [0, 0.05) is 31.3 Å². The minimum atomic E-state index is -0.423. The molecule has 0 bridgehead atoms. The Labute approximate surface area is 145 Å². The third kappa shape index (κ3) is 4.39. The third-order valence-corrected chi connectivity index (χ3v) is 4.49. The summed E-state index contributed by atoms with van der Waals surface area (Å²) >= 11 is 0. The van der Waals surface area contributed by atoms with Gasteiger partial charge in [0.05, 0.1) is 12.2 Å². The molecule has 0 spiro atoms. The average molecular weight is 345 g/mol. The monoisotopic (exact) mass is 345 g/mol. The van der Waals surface area contributed by atoms with Crippen LogP contribution in [0.25, 0.3) is 0 Å². The van der Waals surface area contributed by atoms with E-state index in [0.29, 0.717) is 18.7 Å². The molecule has 2 aromatic rings. The number of nitrogens with one attached hydrogen (secondary N) is 1. The minimum Gasteiger partial charge on any atom is -0.351 e. The number of rotatable bonds is 5. The van der Waals surface area contributed by atoms with Crippen molar-refractivity contribution in [3.05, 3.63) is 65.0 Å². The molecule has 132 valence electrons. The number of aromatic nitrogens is 1. The van der Waals surface area contributed by atoms with Gasteiger partial charge in [-0.25, -0.2) is 8.78 Å². The summed E-state index contributed by atoms with van der Waals surface area (Å²) < 4.78 is 27.4. The van der Waals surface area contributed by atoms with Crippen LogP contribution in [0.4, 0.5) is 8.78 Å². The lowest BCUT2D eigenvalue weighted by Gasteiger charge is -2.25. The van der Waals surface area contributed by atoms with Crippen molar-refractivity contribution in [1.29, 1.82) is 0 Å². The first-order chi connectivity index (χ1) is 12.0. The molecule has 2 heterocycles. The van der Waals surface area contributed by atoms with Gasteiger partial charge in [0.15, 0.2) is 0 Å². The van der Waals surface area contributed by atoms with E-state index in [1.165, 1.54) is 19.1 Å². The van der Waals surface area contributed by atoms with E-state index in [0.717, 1.165) is 36.7 Å². The zero-order valence-corrected chi connectivity index (χ0v) is 14.1. The normalized spacial score (nSPS) is 17.6. The summed E-state index contributed by atoms with van der Waals surface area (Å²) in [5, 5.41) is 2.74. The molecule has 1 aromatic carbocycles. The van der Waals surface area contributed by atoms with Crippen molar-refractivity contribution in [2.75, 3.05) is 6.54 Å². The maximum atomic E-state index is 13.9. The second-order valence-corrected chi connectivity index (χ2v) is 6.35. The number of nitrogens with zero attached hydrogens (tertiary/aromatic N) is 2. The van der Waals surface area contributed by atoms with E-state index in [2.05, 4.69) is 15.2 Å². The fourth-order valence-electron chi connectivity index (χ4n) is 3.29. The smallest absolute Gasteiger partial charge is 0.217 e. The van der Waals surface area contributed by atoms with Gasteiger partial charge >= 0.3 is 0 Å². The molecule has 25 heavy (non-hydrogen) atoms. The SMILES string of the molecule is CC(=O)NCc1cc([C@@H]2CCCN2Cc2cc(F)ccc2F)ccn1. The van der Waals surface area contributed by atoms with Crippen molar-refractivity contribution in [2.45, 2.75) is 38.9 Å². The fourth-order valence-corrected chi connectivity index (χ4v) is 3.29. The van der Waals surface area contributed by atoms with E-state index in [9.17, 15) is 13.6 Å². The number of hydrogen-bond donors (Lipinski definition) is 1. The van der Waals surface area contributed by atoms with Crippen LogP contribution in [0.15, 0.2) is 36.5 Å². The van der Waals surface area contributed by atoms with E-state index in [4.69, 9.17) is 0 Å². The van der Waals surface area contributed by atoms with Gasteiger partial charge < -0.3 is 5.32 Å². The molecule has 0 aliphatic carbocycles. The molecule has 6 heteroatoms. The summed E-state index contributed by atoms with van der Waals surface area (Å²) in [6.07, 6.45) is 3.69. The van der Waals surface area contributed by atoms with Gasteiger partial charge in [-0.1, -0.05) is 0 Å². The Morgan fingerprint density at radius 3 is 2.96 bits per heavy atom. The number of halogens is 2. The molecule has 0 unspecified atom stereocenters. The van der Waals surface area contributed by atoms with Crippen molar-refractivity contribution in [1.82, 2.24) is 15.2 Å². The number of carbonyl (C=O) groups excluding carboxylic acids is 1. The Bertz CT molecular complexity index is 766. The van der Waals surface area contributed by atoms with Crippen molar-refractivity contribution in [3.8, 4) is 0 Å². The van der Waals surface area contributed by atoms with Crippen LogP contribution in [0.1, 0.15) is 42.6 Å². The summed E-state index contributed by atoms with van der Waals surface area (Å²) in [6, 6.07) is 7.63. The van der Waals surface area contributed by atoms with Gasteiger partial charge in [-0.05, 0) is 55.3 Å². The molecule has 0 saturated carbocycles. The van der Waals surface area contributed by atoms with Crippen molar-refractivity contribution < 1.29 is 13.6 Å². The standard InChI is InChI=1S/C19H21F2N3O/c1-13(25)23-11-17-10-14(6-7-22-17)19-3-2-8-24(19)12-15-9-16(20)4-5-18(15)21/h4-7,9-10,19H,2-3,8,11-12H2,1H3,(H,23,25)/t19-/m0/s1. The van der Waals surface area contributed by atoms with E-state index >= 15 is 0 Å². The first-order valence-electron chi connectivity index (χ1n) is 8.40. The maximum absolute atomic E-state index is 13.9. The third-order valence-electron chi connectivity index (χ3n) is 4.49. The highest BCUT2D eigenvalue weighted by Gasteiger charge is 2.27. The molecule has 1 fully saturated rings. The largest absolute Gasteiger partial charge is 0.351 e. The first-order valence-corrected chi connectivity index (χ1v) is 8.40. The summed E-state index contributed by atoms with van der Waals surface area (Å²) in [4.78, 5) is 17.5. The second-order valence-electron chi connectivity index (χ2n) is 6.35. The predicted octanol–water partition coefficient (Wildman–Crippen LogP) is 3.33. The lowest BCUT2D eigenvalue weighted by atomic mass is 10.0. The van der Waals surface area contributed by atoms with Gasteiger partial charge in [-0.3, -0.25) is 14.7 Å². The molecule has 1 aliphatic heterocycles. The Morgan fingerprint density at radius 1 is 1.32 bits per heavy atom. The molecular formula is C19H21F2N3O. The van der Waals surface area contributed by atoms with E-state index in [-0.39, 0.29) is 17.8 Å². The number of benzene rings is 1. The molecule has 1 saturated heterocycles. The number of carbonyl (C=O) groups is 1. The summed E-state index contributed by atoms with van der Waals surface area (Å²) in [7, 11) is 0. The van der Waals surface area contributed by atoms with Gasteiger partial charge in [-0.2, -0.15) is 0 Å². The fraction of sp³-hybridized carbons (Fsp3) is 0.368. The van der Waals surface area contributed by atoms with Crippen LogP contribution in [-0.4, -0.2) is 22.3 Å². The number of likely N-dealkylation sites (tertiary alicyclic amines) is 1. The Balaban J connectivity index is 1.76. The molecule has 3 rings (SSSR count). The second kappa shape index (κ2) is 7.70. The minimum absolute atomic E-state index is 0.101. The molecule has 4 nitrogen and oxygen atoms in total. The van der Waals surface area contributed by atoms with Gasteiger partial charge in [-0.15, -0.1) is 0 Å². The number of amides is 1. The molecular weight excluding hydrogens is 324 g/mol. The highest BCUT2D eigenvalue weighted by molar-refractivity contribution is 5.72. The van der Waals surface area contributed by atoms with Gasteiger partial charge in [0.1, 0.15) is 11.6 Å². The number of hydrogen-bond acceptors (Lipinski definition) is 3. The van der Waals surface area contributed by atoms with Crippen LogP contribution in [0, 0.1) is 11.6 Å². The van der Waals surface area contributed by atoms with Crippen LogP contribution >= 0.6 is 0 Å². The Morgan fingerprint density at radius 2 is 2.16 bits per heavy atom. The molecule has 0 radical (unpaired) electrons. The summed E-state index contributed by atoms with van der Waals surface area (Å²) in [5.41, 5.74) is 2.25. The van der Waals surface area contributed by atoms with Crippen LogP contribution in [0.5, 0.6) is 0 Å². The topological polar surface area (TPSA) is 45.2 Å². The van der Waals surface area contributed by atoms with Crippen molar-refractivity contribution in [2.24, 2.45) is 0 Å². The van der Waals surface area contributed by atoms with Crippen LogP contribution < -0.4 is 5.32 Å². The summed E-state index contributed by atoms with van der Waals surface area (Å²) in [5.74, 6) is -0.905. The van der Waals surface area contributed by atoms with Crippen molar-refractivity contribution >= 4 is 5.91 Å². The van der Waals surface area contributed by atoms with Crippen LogP contribution in [0.3, 0.4) is 0 Å². The maximum Gasteiger partial charge on any atom is 0.217 e. The summed E-state index contributed by atoms with van der Waals surface area (Å²) in [6.45, 7) is 3.06.